The number of amides is 1. The van der Waals surface area contributed by atoms with E-state index in [-0.39, 0.29) is 29.6 Å². The number of carbonyl (C=O) groups is 1. The molecule has 0 bridgehead atoms. The predicted molar refractivity (Wildman–Crippen MR) is 117 cm³/mol. The smallest absolute Gasteiger partial charge is 0.259 e. The molecule has 0 fully saturated rings. The van der Waals surface area contributed by atoms with Crippen LogP contribution >= 0.6 is 0 Å². The number of aryl methyl sites for hydroxylation is 1. The average Bonchev–Trinajstić information content (AvgIpc) is 3.08. The van der Waals surface area contributed by atoms with E-state index in [0.717, 1.165) is 0 Å². The highest BCUT2D eigenvalue weighted by molar-refractivity contribution is 5.98. The van der Waals surface area contributed by atoms with Crippen molar-refractivity contribution in [2.24, 2.45) is 0 Å². The summed E-state index contributed by atoms with van der Waals surface area (Å²) in [5.74, 6) is -0.311. The fourth-order valence-electron chi connectivity index (χ4n) is 4.09. The molecule has 174 valence electrons. The lowest BCUT2D eigenvalue weighted by atomic mass is 10.1. The Kier molecular flexibility index (Phi) is 6.55. The molecule has 0 aliphatic carbocycles. The van der Waals surface area contributed by atoms with Gasteiger partial charge in [0.2, 0.25) is 0 Å². The molecule has 0 N–H and O–H groups in total. The Bertz CT molecular complexity index is 1220. The molecular weight excluding hydrogens is 429 g/mol. The van der Waals surface area contributed by atoms with Crippen LogP contribution in [-0.2, 0) is 26.1 Å². The topological polar surface area (TPSA) is 93.7 Å². The molecule has 1 aliphatic rings. The van der Waals surface area contributed by atoms with Crippen LogP contribution in [0.3, 0.4) is 0 Å². The van der Waals surface area contributed by atoms with Crippen LogP contribution in [0, 0.1) is 12.7 Å². The number of methoxy groups -OCH3 is 1. The monoisotopic (exact) mass is 455 g/mol. The minimum absolute atomic E-state index is 0.204. The van der Waals surface area contributed by atoms with Gasteiger partial charge in [0.15, 0.2) is 0 Å². The average molecular weight is 455 g/mol. The second-order valence-corrected chi connectivity index (χ2v) is 8.10. The maximum Gasteiger partial charge on any atom is 0.259 e. The van der Waals surface area contributed by atoms with Crippen molar-refractivity contribution in [1.29, 1.82) is 0 Å². The first kappa shape index (κ1) is 22.7. The van der Waals surface area contributed by atoms with E-state index in [1.807, 2.05) is 0 Å². The quantitative estimate of drug-likeness (QED) is 0.561. The van der Waals surface area contributed by atoms with Gasteiger partial charge in [-0.1, -0.05) is 28.5 Å². The molecule has 0 unspecified atom stereocenters. The van der Waals surface area contributed by atoms with Gasteiger partial charge >= 0.3 is 0 Å². The summed E-state index contributed by atoms with van der Waals surface area (Å²) in [4.78, 5) is 29.9. The molecule has 0 spiro atoms. The van der Waals surface area contributed by atoms with Crippen molar-refractivity contribution in [2.45, 2.75) is 33.0 Å². The first-order valence-corrected chi connectivity index (χ1v) is 10.7. The predicted octanol–water partition coefficient (Wildman–Crippen LogP) is 2.02. The Hall–Kier alpha value is -3.53. The molecule has 10 heteroatoms. The number of carbonyl (C=O) groups excluding carboxylic acids is 1. The molecule has 4 rings (SSSR count). The molecule has 3 heterocycles. The van der Waals surface area contributed by atoms with E-state index in [1.54, 1.807) is 36.7 Å². The largest absolute Gasteiger partial charge is 0.496 e. The summed E-state index contributed by atoms with van der Waals surface area (Å²) in [7, 11) is 3.09. The van der Waals surface area contributed by atoms with Gasteiger partial charge in [-0.05, 0) is 13.0 Å². The van der Waals surface area contributed by atoms with Gasteiger partial charge < -0.3 is 14.2 Å². The van der Waals surface area contributed by atoms with Crippen molar-refractivity contribution >= 4 is 5.91 Å². The van der Waals surface area contributed by atoms with Gasteiger partial charge in [-0.3, -0.25) is 14.5 Å². The van der Waals surface area contributed by atoms with Crippen molar-refractivity contribution in [3.05, 3.63) is 74.7 Å². The number of ether oxygens (including phenoxy) is 1. The van der Waals surface area contributed by atoms with Crippen LogP contribution in [0.25, 0.3) is 0 Å². The molecule has 1 amide bonds. The Morgan fingerprint density at radius 2 is 2.03 bits per heavy atom. The fourth-order valence-corrected chi connectivity index (χ4v) is 4.09. The normalized spacial score (nSPS) is 13.9. The number of hydrogen-bond acceptors (Lipinski definition) is 7. The summed E-state index contributed by atoms with van der Waals surface area (Å²) in [5, 5.41) is 7.60. The zero-order chi connectivity index (χ0) is 23.5. The van der Waals surface area contributed by atoms with Gasteiger partial charge in [-0.15, -0.1) is 0 Å². The van der Waals surface area contributed by atoms with E-state index in [1.165, 1.54) is 24.1 Å². The van der Waals surface area contributed by atoms with E-state index in [0.29, 0.717) is 60.8 Å². The highest BCUT2D eigenvalue weighted by atomic mass is 19.1. The van der Waals surface area contributed by atoms with E-state index in [2.05, 4.69) is 15.2 Å². The third-order valence-corrected chi connectivity index (χ3v) is 5.95. The molecule has 2 aromatic heterocycles. The lowest BCUT2D eigenvalue weighted by molar-refractivity contribution is 0.0776. The molecular formula is C23H26FN5O4. The Labute approximate surface area is 190 Å². The highest BCUT2D eigenvalue weighted by Crippen LogP contribution is 2.25. The standard InChI is InChI=1S/C23H26FN5O4/c1-15-18(26-33-25-15)14-27(2)23(31)22-19-8-9-28(13-16-6-4-5-7-17(16)24)10-11-29(19)21(30)12-20(22)32-3/h4-7,12H,8-11,13-14H2,1-3H3. The number of nitrogens with zero attached hydrogens (tertiary/aromatic N) is 5. The van der Waals surface area contributed by atoms with Gasteiger partial charge in [-0.2, -0.15) is 0 Å². The Morgan fingerprint density at radius 3 is 2.73 bits per heavy atom. The first-order valence-electron chi connectivity index (χ1n) is 10.7. The van der Waals surface area contributed by atoms with Crippen LogP contribution in [0.5, 0.6) is 5.75 Å². The van der Waals surface area contributed by atoms with Crippen LogP contribution in [0.2, 0.25) is 0 Å². The van der Waals surface area contributed by atoms with Crippen LogP contribution in [0.15, 0.2) is 39.8 Å². The molecule has 33 heavy (non-hydrogen) atoms. The number of benzene rings is 1. The lowest BCUT2D eigenvalue weighted by Crippen LogP contribution is -2.32. The van der Waals surface area contributed by atoms with Crippen molar-refractivity contribution < 1.29 is 18.6 Å². The molecule has 0 atom stereocenters. The van der Waals surface area contributed by atoms with E-state index >= 15 is 0 Å². The van der Waals surface area contributed by atoms with E-state index in [4.69, 9.17) is 9.37 Å². The maximum absolute atomic E-state index is 14.1. The highest BCUT2D eigenvalue weighted by Gasteiger charge is 2.28. The SMILES string of the molecule is COc1cc(=O)n2c(c1C(=O)N(C)Cc1nonc1C)CCN(Cc1ccccc1F)CC2. The van der Waals surface area contributed by atoms with Crippen LogP contribution < -0.4 is 10.3 Å². The number of halogens is 1. The van der Waals surface area contributed by atoms with Crippen molar-refractivity contribution in [1.82, 2.24) is 24.7 Å². The summed E-state index contributed by atoms with van der Waals surface area (Å²) in [6.45, 7) is 3.90. The molecule has 0 radical (unpaired) electrons. The molecule has 0 saturated heterocycles. The van der Waals surface area contributed by atoms with Crippen LogP contribution in [-0.4, -0.2) is 57.8 Å². The summed E-state index contributed by atoms with van der Waals surface area (Å²) in [5.41, 5.74) is 2.49. The molecule has 3 aromatic rings. The zero-order valence-electron chi connectivity index (χ0n) is 18.9. The van der Waals surface area contributed by atoms with Gasteiger partial charge in [-0.25, -0.2) is 9.02 Å². The summed E-state index contributed by atoms with van der Waals surface area (Å²) >= 11 is 0. The van der Waals surface area contributed by atoms with E-state index in [9.17, 15) is 14.0 Å². The second-order valence-electron chi connectivity index (χ2n) is 8.10. The summed E-state index contributed by atoms with van der Waals surface area (Å²) < 4.78 is 25.9. The van der Waals surface area contributed by atoms with Crippen LogP contribution in [0.4, 0.5) is 4.39 Å². The molecule has 1 aromatic carbocycles. The lowest BCUT2D eigenvalue weighted by Gasteiger charge is -2.21. The zero-order valence-corrected chi connectivity index (χ0v) is 18.9. The number of aromatic nitrogens is 3. The second kappa shape index (κ2) is 9.53. The fraction of sp³-hybridized carbons (Fsp3) is 0.391. The maximum atomic E-state index is 14.1. The third-order valence-electron chi connectivity index (χ3n) is 5.95. The Morgan fingerprint density at radius 1 is 1.24 bits per heavy atom. The summed E-state index contributed by atoms with van der Waals surface area (Å²) in [6, 6.07) is 8.01. The third kappa shape index (κ3) is 4.65. The summed E-state index contributed by atoms with van der Waals surface area (Å²) in [6.07, 6.45) is 0.445. The number of hydrogen-bond donors (Lipinski definition) is 0. The van der Waals surface area contributed by atoms with Crippen molar-refractivity contribution in [3.63, 3.8) is 0 Å². The van der Waals surface area contributed by atoms with Crippen molar-refractivity contribution in [3.8, 4) is 5.75 Å². The first-order chi connectivity index (χ1) is 15.9. The number of rotatable bonds is 6. The van der Waals surface area contributed by atoms with Crippen molar-refractivity contribution in [2.75, 3.05) is 27.2 Å². The van der Waals surface area contributed by atoms with Gasteiger partial charge in [0.25, 0.3) is 11.5 Å². The molecule has 0 saturated carbocycles. The molecule has 9 nitrogen and oxygen atoms in total. The van der Waals surface area contributed by atoms with Crippen LogP contribution in [0.1, 0.15) is 33.0 Å². The van der Waals surface area contributed by atoms with Gasteiger partial charge in [0.1, 0.15) is 28.5 Å². The van der Waals surface area contributed by atoms with E-state index < -0.39 is 0 Å². The number of pyridine rings is 1. The minimum atomic E-state index is -0.291. The van der Waals surface area contributed by atoms with Gasteiger partial charge in [0.05, 0.1) is 13.7 Å². The number of fused-ring (bicyclic) bond motifs is 1. The Balaban J connectivity index is 1.63. The molecule has 1 aliphatic heterocycles. The van der Waals surface area contributed by atoms with Gasteiger partial charge in [0, 0.05) is 57.0 Å². The minimum Gasteiger partial charge on any atom is -0.496 e.